The van der Waals surface area contributed by atoms with Gasteiger partial charge in [0.25, 0.3) is 0 Å². The van der Waals surface area contributed by atoms with Gasteiger partial charge in [0.15, 0.2) is 0 Å². The highest BCUT2D eigenvalue weighted by Gasteiger charge is 2.14. The largest absolute Gasteiger partial charge is 0.371 e. The summed E-state index contributed by atoms with van der Waals surface area (Å²) >= 11 is 1.75. The van der Waals surface area contributed by atoms with Gasteiger partial charge in [-0.15, -0.1) is 11.3 Å². The van der Waals surface area contributed by atoms with Gasteiger partial charge in [-0.3, -0.25) is 0 Å². The molecule has 0 radical (unpaired) electrons. The molecule has 4 heteroatoms. The molecular weight excluding hydrogens is 208 g/mol. The van der Waals surface area contributed by atoms with E-state index in [1.54, 1.807) is 11.3 Å². The lowest BCUT2D eigenvalue weighted by Crippen LogP contribution is -2.03. The van der Waals surface area contributed by atoms with E-state index in [0.717, 1.165) is 31.0 Å². The molecule has 0 aromatic carbocycles. The van der Waals surface area contributed by atoms with Crippen LogP contribution in [0.1, 0.15) is 42.7 Å². The molecule has 0 aliphatic heterocycles. The van der Waals surface area contributed by atoms with E-state index in [2.05, 4.69) is 17.2 Å². The first kappa shape index (κ1) is 12.6. The fourth-order valence-corrected chi connectivity index (χ4v) is 2.48. The molecule has 0 bridgehead atoms. The second-order valence-corrected chi connectivity index (χ2v) is 4.57. The number of nitrogens with one attached hydrogen (secondary N) is 1. The molecule has 1 unspecified atom stereocenters. The summed E-state index contributed by atoms with van der Waals surface area (Å²) in [5.41, 5.74) is 0. The molecule has 1 atom stereocenters. The topological polar surface area (TPSA) is 34.1 Å². The summed E-state index contributed by atoms with van der Waals surface area (Å²) in [4.78, 5) is 5.70. The predicted octanol–water partition coefficient (Wildman–Crippen LogP) is 2.74. The first-order chi connectivity index (χ1) is 7.31. The van der Waals surface area contributed by atoms with Gasteiger partial charge in [0.1, 0.15) is 11.1 Å². The molecule has 1 aromatic rings. The monoisotopic (exact) mass is 228 g/mol. The number of hydrogen-bond donors (Lipinski definition) is 1. The Morgan fingerprint density at radius 1 is 1.53 bits per heavy atom. The van der Waals surface area contributed by atoms with E-state index in [4.69, 9.17) is 4.74 Å². The van der Waals surface area contributed by atoms with Gasteiger partial charge in [-0.1, -0.05) is 13.3 Å². The van der Waals surface area contributed by atoms with Crippen LogP contribution in [0.5, 0.6) is 0 Å². The number of rotatable bonds is 7. The van der Waals surface area contributed by atoms with E-state index in [1.165, 1.54) is 4.88 Å². The molecule has 1 N–H and O–H groups in total. The zero-order chi connectivity index (χ0) is 11.1. The van der Waals surface area contributed by atoms with Crippen molar-refractivity contribution in [2.75, 3.05) is 13.7 Å². The van der Waals surface area contributed by atoms with Gasteiger partial charge in [-0.05, 0) is 20.4 Å². The number of hydrogen-bond acceptors (Lipinski definition) is 4. The summed E-state index contributed by atoms with van der Waals surface area (Å²) in [5.74, 6) is 0. The average Bonchev–Trinajstić information content (AvgIpc) is 2.67. The van der Waals surface area contributed by atoms with Gasteiger partial charge in [-0.25, -0.2) is 4.98 Å². The Hall–Kier alpha value is -0.450. The highest BCUT2D eigenvalue weighted by molar-refractivity contribution is 7.11. The lowest BCUT2D eigenvalue weighted by molar-refractivity contribution is 0.0555. The molecule has 1 aromatic heterocycles. The van der Waals surface area contributed by atoms with Crippen LogP contribution in [0, 0.1) is 0 Å². The quantitative estimate of drug-likeness (QED) is 0.779. The normalized spacial score (nSPS) is 13.0. The van der Waals surface area contributed by atoms with Gasteiger partial charge in [-0.2, -0.15) is 0 Å². The molecule has 0 saturated heterocycles. The van der Waals surface area contributed by atoms with Crippen LogP contribution < -0.4 is 5.32 Å². The van der Waals surface area contributed by atoms with Gasteiger partial charge in [0.05, 0.1) is 0 Å². The van der Waals surface area contributed by atoms with Crippen LogP contribution in [0.25, 0.3) is 0 Å². The first-order valence-corrected chi connectivity index (χ1v) is 6.34. The smallest absolute Gasteiger partial charge is 0.122 e. The summed E-state index contributed by atoms with van der Waals surface area (Å²) < 4.78 is 5.69. The number of nitrogens with zero attached hydrogens (tertiary/aromatic N) is 1. The maximum atomic E-state index is 5.69. The summed E-state index contributed by atoms with van der Waals surface area (Å²) in [6.45, 7) is 5.85. The van der Waals surface area contributed by atoms with E-state index < -0.39 is 0 Å². The number of ether oxygens (including phenoxy) is 1. The predicted molar refractivity (Wildman–Crippen MR) is 64.2 cm³/mol. The Morgan fingerprint density at radius 2 is 2.33 bits per heavy atom. The molecule has 0 spiro atoms. The van der Waals surface area contributed by atoms with Crippen molar-refractivity contribution in [2.24, 2.45) is 0 Å². The molecule has 1 heterocycles. The van der Waals surface area contributed by atoms with E-state index >= 15 is 0 Å². The van der Waals surface area contributed by atoms with Crippen molar-refractivity contribution >= 4 is 11.3 Å². The Kier molecular flexibility index (Phi) is 5.83. The molecule has 3 nitrogen and oxygen atoms in total. The fourth-order valence-electron chi connectivity index (χ4n) is 1.47. The minimum atomic E-state index is 0.190. The van der Waals surface area contributed by atoms with Crippen molar-refractivity contribution in [3.05, 3.63) is 16.1 Å². The molecule has 86 valence electrons. The molecule has 15 heavy (non-hydrogen) atoms. The molecular formula is C11H20N2OS. The second kappa shape index (κ2) is 6.93. The summed E-state index contributed by atoms with van der Waals surface area (Å²) in [6.07, 6.45) is 4.32. The minimum Gasteiger partial charge on any atom is -0.371 e. The summed E-state index contributed by atoms with van der Waals surface area (Å²) in [5, 5.41) is 4.24. The molecule has 0 saturated carbocycles. The van der Waals surface area contributed by atoms with Crippen molar-refractivity contribution in [1.82, 2.24) is 10.3 Å². The van der Waals surface area contributed by atoms with Crippen molar-refractivity contribution < 1.29 is 4.74 Å². The van der Waals surface area contributed by atoms with Gasteiger partial charge in [0.2, 0.25) is 0 Å². The van der Waals surface area contributed by atoms with Crippen molar-refractivity contribution in [3.63, 3.8) is 0 Å². The number of aromatic nitrogens is 1. The van der Waals surface area contributed by atoms with Crippen LogP contribution in [-0.2, 0) is 11.3 Å². The Labute approximate surface area is 95.9 Å². The molecule has 0 aliphatic carbocycles. The van der Waals surface area contributed by atoms with E-state index in [1.807, 2.05) is 20.2 Å². The van der Waals surface area contributed by atoms with Gasteiger partial charge < -0.3 is 10.1 Å². The van der Waals surface area contributed by atoms with Crippen molar-refractivity contribution in [1.29, 1.82) is 0 Å². The lowest BCUT2D eigenvalue weighted by Gasteiger charge is -2.12. The van der Waals surface area contributed by atoms with Crippen LogP contribution in [0.3, 0.4) is 0 Å². The van der Waals surface area contributed by atoms with Crippen LogP contribution in [0.2, 0.25) is 0 Å². The molecule has 1 rings (SSSR count). The Morgan fingerprint density at radius 3 is 2.93 bits per heavy atom. The van der Waals surface area contributed by atoms with Crippen LogP contribution in [-0.4, -0.2) is 18.6 Å². The molecule has 0 fully saturated rings. The highest BCUT2D eigenvalue weighted by Crippen LogP contribution is 2.26. The first-order valence-electron chi connectivity index (χ1n) is 5.52. The second-order valence-electron chi connectivity index (χ2n) is 3.43. The van der Waals surface area contributed by atoms with E-state index in [9.17, 15) is 0 Å². The van der Waals surface area contributed by atoms with Crippen molar-refractivity contribution in [2.45, 2.75) is 39.3 Å². The highest BCUT2D eigenvalue weighted by atomic mass is 32.1. The van der Waals surface area contributed by atoms with Crippen molar-refractivity contribution in [3.8, 4) is 0 Å². The minimum absolute atomic E-state index is 0.190. The number of thiazole rings is 1. The SMILES string of the molecule is CCCC(OCC)c1ncc(CNC)s1. The van der Waals surface area contributed by atoms with Crippen LogP contribution in [0.4, 0.5) is 0 Å². The maximum Gasteiger partial charge on any atom is 0.122 e. The standard InChI is InChI=1S/C11H20N2OS/c1-4-6-10(14-5-2)11-13-8-9(15-11)7-12-3/h8,10,12H,4-7H2,1-3H3. The van der Waals surface area contributed by atoms with Crippen LogP contribution >= 0.6 is 11.3 Å². The third-order valence-corrected chi connectivity index (χ3v) is 3.21. The summed E-state index contributed by atoms with van der Waals surface area (Å²) in [6, 6.07) is 0. The Bertz CT molecular complexity index is 269. The lowest BCUT2D eigenvalue weighted by atomic mass is 10.2. The van der Waals surface area contributed by atoms with Gasteiger partial charge in [0, 0.05) is 24.2 Å². The summed E-state index contributed by atoms with van der Waals surface area (Å²) in [7, 11) is 1.95. The maximum absolute atomic E-state index is 5.69. The average molecular weight is 228 g/mol. The van der Waals surface area contributed by atoms with Crippen LogP contribution in [0.15, 0.2) is 6.20 Å². The third kappa shape index (κ3) is 3.89. The Balaban J connectivity index is 2.63. The fraction of sp³-hybridized carbons (Fsp3) is 0.727. The zero-order valence-corrected chi connectivity index (χ0v) is 10.6. The third-order valence-electron chi connectivity index (χ3n) is 2.12. The van der Waals surface area contributed by atoms with E-state index in [-0.39, 0.29) is 6.10 Å². The molecule has 0 amide bonds. The molecule has 0 aliphatic rings. The van der Waals surface area contributed by atoms with Gasteiger partial charge >= 0.3 is 0 Å². The zero-order valence-electron chi connectivity index (χ0n) is 9.75. The van der Waals surface area contributed by atoms with E-state index in [0.29, 0.717) is 0 Å².